The molecule has 20 heavy (non-hydrogen) atoms. The van der Waals surface area contributed by atoms with Crippen molar-refractivity contribution in [3.8, 4) is 5.75 Å². The Kier molecular flexibility index (Phi) is 4.96. The summed E-state index contributed by atoms with van der Waals surface area (Å²) in [6.07, 6.45) is 0. The molecule has 0 aliphatic rings. The van der Waals surface area contributed by atoms with E-state index in [0.29, 0.717) is 24.7 Å². The third-order valence-corrected chi connectivity index (χ3v) is 3.89. The number of nitrogens with one attached hydrogen (secondary N) is 1. The zero-order valence-corrected chi connectivity index (χ0v) is 14.4. The fourth-order valence-electron chi connectivity index (χ4n) is 1.56. The van der Waals surface area contributed by atoms with Crippen molar-refractivity contribution in [1.82, 2.24) is 0 Å². The van der Waals surface area contributed by atoms with Crippen LogP contribution in [0.4, 0.5) is 5.69 Å². The van der Waals surface area contributed by atoms with Crippen LogP contribution >= 0.6 is 55.1 Å². The Morgan fingerprint density at radius 3 is 2.25 bits per heavy atom. The van der Waals surface area contributed by atoms with Crippen molar-refractivity contribution in [2.45, 2.75) is 0 Å². The van der Waals surface area contributed by atoms with Crippen molar-refractivity contribution >= 4 is 66.7 Å². The highest BCUT2D eigenvalue weighted by Crippen LogP contribution is 2.32. The lowest BCUT2D eigenvalue weighted by Gasteiger charge is -2.09. The van der Waals surface area contributed by atoms with Crippen LogP contribution in [-0.4, -0.2) is 11.0 Å². The van der Waals surface area contributed by atoms with Gasteiger partial charge in [0.1, 0.15) is 5.75 Å². The van der Waals surface area contributed by atoms with Gasteiger partial charge in [-0.05, 0) is 46.3 Å². The summed E-state index contributed by atoms with van der Waals surface area (Å²) < 4.78 is 1.08. The Balaban J connectivity index is 2.33. The first-order chi connectivity index (χ1) is 9.36. The van der Waals surface area contributed by atoms with Gasteiger partial charge in [-0.15, -0.1) is 0 Å². The van der Waals surface area contributed by atoms with Gasteiger partial charge in [0, 0.05) is 20.2 Å². The molecule has 2 N–H and O–H groups in total. The van der Waals surface area contributed by atoms with Crippen LogP contribution in [0.5, 0.6) is 5.75 Å². The molecule has 0 bridgehead atoms. The van der Waals surface area contributed by atoms with E-state index in [1.54, 1.807) is 24.3 Å². The van der Waals surface area contributed by atoms with Crippen LogP contribution in [0.15, 0.2) is 39.3 Å². The summed E-state index contributed by atoms with van der Waals surface area (Å²) >= 11 is 18.2. The second kappa shape index (κ2) is 6.35. The van der Waals surface area contributed by atoms with Crippen LogP contribution in [0.25, 0.3) is 0 Å². The third kappa shape index (κ3) is 3.67. The molecule has 3 nitrogen and oxygen atoms in total. The molecule has 0 aliphatic carbocycles. The molecule has 2 aromatic rings. The van der Waals surface area contributed by atoms with Gasteiger partial charge < -0.3 is 10.4 Å². The Labute approximate surface area is 142 Å². The molecular formula is C13H7Br2Cl2NO2. The van der Waals surface area contributed by atoms with E-state index < -0.39 is 5.91 Å². The summed E-state index contributed by atoms with van der Waals surface area (Å²) in [7, 11) is 0. The molecule has 104 valence electrons. The Hall–Kier alpha value is -0.750. The first kappa shape index (κ1) is 15.6. The summed E-state index contributed by atoms with van der Waals surface area (Å²) in [5.74, 6) is -0.610. The highest BCUT2D eigenvalue weighted by atomic mass is 79.9. The van der Waals surface area contributed by atoms with Crippen LogP contribution in [0.2, 0.25) is 10.0 Å². The summed E-state index contributed by atoms with van der Waals surface area (Å²) in [6, 6.07) is 7.85. The normalized spacial score (nSPS) is 10.4. The minimum Gasteiger partial charge on any atom is -0.506 e. The second-order valence-corrected chi connectivity index (χ2v) is 6.54. The summed E-state index contributed by atoms with van der Waals surface area (Å²) in [4.78, 5) is 12.2. The first-order valence-electron chi connectivity index (χ1n) is 5.32. The van der Waals surface area contributed by atoms with Gasteiger partial charge in [0.15, 0.2) is 0 Å². The molecule has 0 saturated carbocycles. The first-order valence-corrected chi connectivity index (χ1v) is 7.66. The van der Waals surface area contributed by atoms with Crippen molar-refractivity contribution in [3.05, 3.63) is 54.9 Å². The lowest BCUT2D eigenvalue weighted by atomic mass is 10.2. The van der Waals surface area contributed by atoms with Crippen LogP contribution in [-0.2, 0) is 0 Å². The topological polar surface area (TPSA) is 49.3 Å². The number of benzene rings is 2. The van der Waals surface area contributed by atoms with E-state index in [0.717, 1.165) is 0 Å². The highest BCUT2D eigenvalue weighted by Gasteiger charge is 2.15. The van der Waals surface area contributed by atoms with Crippen LogP contribution in [0.1, 0.15) is 10.4 Å². The van der Waals surface area contributed by atoms with E-state index in [4.69, 9.17) is 23.2 Å². The fourth-order valence-corrected chi connectivity index (χ4v) is 3.31. The molecule has 7 heteroatoms. The maximum absolute atomic E-state index is 12.2. The van der Waals surface area contributed by atoms with E-state index >= 15 is 0 Å². The predicted octanol–water partition coefficient (Wildman–Crippen LogP) is 5.48. The zero-order chi connectivity index (χ0) is 14.9. The number of hydrogen-bond acceptors (Lipinski definition) is 2. The van der Waals surface area contributed by atoms with Crippen molar-refractivity contribution in [2.75, 3.05) is 5.32 Å². The number of amides is 1. The van der Waals surface area contributed by atoms with Gasteiger partial charge in [-0.25, -0.2) is 0 Å². The predicted molar refractivity (Wildman–Crippen MR) is 87.9 cm³/mol. The maximum atomic E-state index is 12.2. The Bertz CT molecular complexity index is 672. The number of anilines is 1. The van der Waals surface area contributed by atoms with Crippen molar-refractivity contribution in [2.24, 2.45) is 0 Å². The Morgan fingerprint density at radius 2 is 1.65 bits per heavy atom. The van der Waals surface area contributed by atoms with Crippen LogP contribution < -0.4 is 5.32 Å². The molecule has 1 amide bonds. The van der Waals surface area contributed by atoms with E-state index in [2.05, 4.69) is 37.2 Å². The molecule has 0 spiro atoms. The average molecular weight is 440 g/mol. The monoisotopic (exact) mass is 437 g/mol. The molecule has 0 heterocycles. The smallest absolute Gasteiger partial charge is 0.259 e. The largest absolute Gasteiger partial charge is 0.506 e. The van der Waals surface area contributed by atoms with E-state index in [-0.39, 0.29) is 11.3 Å². The number of aromatic hydroxyl groups is 1. The molecule has 2 rings (SSSR count). The molecular weight excluding hydrogens is 433 g/mol. The highest BCUT2D eigenvalue weighted by molar-refractivity contribution is 9.11. The molecule has 0 radical (unpaired) electrons. The molecule has 0 aromatic heterocycles. The zero-order valence-electron chi connectivity index (χ0n) is 9.75. The number of phenolic OH excluding ortho intramolecular Hbond substituents is 1. The lowest BCUT2D eigenvalue weighted by molar-refractivity contribution is 0.102. The van der Waals surface area contributed by atoms with Gasteiger partial charge >= 0.3 is 0 Å². The summed E-state index contributed by atoms with van der Waals surface area (Å²) in [6.45, 7) is 0. The number of carbonyl (C=O) groups is 1. The van der Waals surface area contributed by atoms with Gasteiger partial charge in [-0.2, -0.15) is 0 Å². The van der Waals surface area contributed by atoms with Crippen LogP contribution in [0, 0.1) is 0 Å². The van der Waals surface area contributed by atoms with Crippen LogP contribution in [0.3, 0.4) is 0 Å². The van der Waals surface area contributed by atoms with Crippen molar-refractivity contribution in [1.29, 1.82) is 0 Å². The number of rotatable bonds is 2. The summed E-state index contributed by atoms with van der Waals surface area (Å²) in [5, 5.41) is 13.3. The maximum Gasteiger partial charge on any atom is 0.259 e. The van der Waals surface area contributed by atoms with Gasteiger partial charge in [-0.1, -0.05) is 39.1 Å². The number of hydrogen-bond donors (Lipinski definition) is 2. The van der Waals surface area contributed by atoms with E-state index in [1.807, 2.05) is 0 Å². The minimum absolute atomic E-state index is 0.127. The summed E-state index contributed by atoms with van der Waals surface area (Å²) in [5.41, 5.74) is 0.574. The quantitative estimate of drug-likeness (QED) is 0.651. The molecule has 0 unspecified atom stereocenters. The van der Waals surface area contributed by atoms with Crippen molar-refractivity contribution < 1.29 is 9.90 Å². The molecule has 0 fully saturated rings. The van der Waals surface area contributed by atoms with Gasteiger partial charge in [0.25, 0.3) is 5.91 Å². The number of halogens is 4. The minimum atomic E-state index is -0.470. The third-order valence-electron chi connectivity index (χ3n) is 2.39. The van der Waals surface area contributed by atoms with Crippen molar-refractivity contribution in [3.63, 3.8) is 0 Å². The average Bonchev–Trinajstić information content (AvgIpc) is 2.32. The molecule has 0 saturated heterocycles. The van der Waals surface area contributed by atoms with Gasteiger partial charge in [-0.3, -0.25) is 4.79 Å². The molecule has 2 aromatic carbocycles. The lowest BCUT2D eigenvalue weighted by Crippen LogP contribution is -2.12. The fraction of sp³-hybridized carbons (Fsp3) is 0. The molecule has 0 aliphatic heterocycles. The second-order valence-electron chi connectivity index (χ2n) is 3.90. The van der Waals surface area contributed by atoms with Gasteiger partial charge in [0.2, 0.25) is 0 Å². The molecule has 0 atom stereocenters. The number of carbonyl (C=O) groups excluding carboxylic acids is 1. The van der Waals surface area contributed by atoms with E-state index in [1.165, 1.54) is 6.07 Å². The van der Waals surface area contributed by atoms with Gasteiger partial charge in [0.05, 0.1) is 10.0 Å². The standard InChI is InChI=1S/C13H7Br2Cl2NO2/c14-6-1-10(12(19)11(15)2-6)13(20)18-9-4-7(16)3-8(17)5-9/h1-5,19H,(H,18,20). The SMILES string of the molecule is O=C(Nc1cc(Cl)cc(Cl)c1)c1cc(Br)cc(Br)c1O. The Morgan fingerprint density at radius 1 is 1.05 bits per heavy atom. The number of phenols is 1. The van der Waals surface area contributed by atoms with E-state index in [9.17, 15) is 9.90 Å².